The van der Waals surface area contributed by atoms with E-state index in [9.17, 15) is 19.8 Å². The van der Waals surface area contributed by atoms with Crippen LogP contribution in [-0.2, 0) is 16.5 Å². The fraction of sp³-hybridized carbons (Fsp3) is 0.889. The van der Waals surface area contributed by atoms with Crippen molar-refractivity contribution in [3.63, 3.8) is 0 Å². The molecule has 0 saturated heterocycles. The van der Waals surface area contributed by atoms with Gasteiger partial charge in [0.25, 0.3) is 0 Å². The van der Waals surface area contributed by atoms with Crippen LogP contribution < -0.4 is 20.8 Å². The van der Waals surface area contributed by atoms with Gasteiger partial charge in [-0.2, -0.15) is 0 Å². The molecule has 0 fully saturated rings. The van der Waals surface area contributed by atoms with Crippen molar-refractivity contribution in [3.8, 4) is 0 Å². The number of nitrogens with one attached hydrogen (secondary N) is 2. The molecule has 0 aromatic carbocycles. The summed E-state index contributed by atoms with van der Waals surface area (Å²) in [5.74, 6) is 0.950. The van der Waals surface area contributed by atoms with E-state index in [-0.39, 0.29) is 16.5 Å². The topological polar surface area (TPSA) is 104 Å². The first-order chi connectivity index (χ1) is 11.4. The summed E-state index contributed by atoms with van der Waals surface area (Å²) < 4.78 is 0. The molecular weight excluding hydrogens is 367 g/mol. The van der Waals surface area contributed by atoms with Gasteiger partial charge in [0.2, 0.25) is 0 Å². The molecule has 0 spiro atoms. The van der Waals surface area contributed by atoms with Gasteiger partial charge in [-0.15, -0.1) is 0 Å². The molecule has 2 unspecified atom stereocenters. The minimum atomic E-state index is -1.16. The first-order valence-electron chi connectivity index (χ1n) is 9.30. The SMILES string of the molecule is CCCCC(CC)CNC(=O)[O-].CCCCC(CC)CNC(=O)[O-].[Ni+2]. The van der Waals surface area contributed by atoms with Crippen LogP contribution in [0.4, 0.5) is 9.59 Å². The van der Waals surface area contributed by atoms with Crippen LogP contribution in [0.5, 0.6) is 0 Å². The van der Waals surface area contributed by atoms with Crippen molar-refractivity contribution in [2.75, 3.05) is 13.1 Å². The molecule has 0 aliphatic heterocycles. The van der Waals surface area contributed by atoms with Crippen molar-refractivity contribution >= 4 is 12.2 Å². The number of unbranched alkanes of at least 4 members (excludes halogenated alkanes) is 2. The second-order valence-electron chi connectivity index (χ2n) is 6.17. The molecule has 0 rings (SSSR count). The van der Waals surface area contributed by atoms with Crippen LogP contribution in [0.1, 0.15) is 79.1 Å². The Morgan fingerprint density at radius 2 is 1.08 bits per heavy atom. The van der Waals surface area contributed by atoms with Crippen LogP contribution in [-0.4, -0.2) is 25.3 Å². The molecule has 0 aromatic rings. The summed E-state index contributed by atoms with van der Waals surface area (Å²) in [7, 11) is 0. The molecule has 7 heteroatoms. The summed E-state index contributed by atoms with van der Waals surface area (Å²) in [5.41, 5.74) is 0. The van der Waals surface area contributed by atoms with E-state index in [0.717, 1.165) is 25.7 Å². The predicted octanol–water partition coefficient (Wildman–Crippen LogP) is 2.27. The minimum absolute atomic E-state index is 0. The fourth-order valence-corrected chi connectivity index (χ4v) is 2.34. The zero-order valence-electron chi connectivity index (χ0n) is 16.2. The molecule has 0 aliphatic carbocycles. The average molecular weight is 403 g/mol. The summed E-state index contributed by atoms with van der Waals surface area (Å²) >= 11 is 0. The maximum Gasteiger partial charge on any atom is 2.00 e. The van der Waals surface area contributed by atoms with Gasteiger partial charge < -0.3 is 30.4 Å². The molecule has 0 heterocycles. The molecule has 2 amide bonds. The van der Waals surface area contributed by atoms with E-state index in [4.69, 9.17) is 0 Å². The standard InChI is InChI=1S/2C9H19NO2.Ni/c2*1-3-5-6-8(4-2)7-10-9(11)12;/h2*8,10H,3-7H2,1-2H3,(H,11,12);/q;;+2/p-2. The van der Waals surface area contributed by atoms with Gasteiger partial charge in [-0.25, -0.2) is 0 Å². The smallest absolute Gasteiger partial charge is 0.530 e. The first kappa shape index (κ1) is 28.8. The number of carbonyl (C=O) groups excluding carboxylic acids is 2. The molecule has 0 aromatic heterocycles. The molecule has 0 radical (unpaired) electrons. The number of hydrogen-bond acceptors (Lipinski definition) is 4. The van der Waals surface area contributed by atoms with Gasteiger partial charge in [0.15, 0.2) is 0 Å². The molecule has 0 aliphatic rings. The largest absolute Gasteiger partial charge is 2.00 e. The Morgan fingerprint density at radius 1 is 0.760 bits per heavy atom. The Kier molecular flexibility index (Phi) is 24.3. The Labute approximate surface area is 163 Å². The molecule has 25 heavy (non-hydrogen) atoms. The second-order valence-corrected chi connectivity index (χ2v) is 6.17. The number of carboxylic acid groups (broad SMARTS) is 2. The van der Waals surface area contributed by atoms with Crippen LogP contribution >= 0.6 is 0 Å². The van der Waals surface area contributed by atoms with E-state index in [1.807, 2.05) is 0 Å². The van der Waals surface area contributed by atoms with Crippen LogP contribution in [0, 0.1) is 11.8 Å². The molecule has 152 valence electrons. The molecule has 2 N–H and O–H groups in total. The van der Waals surface area contributed by atoms with Crippen LogP contribution in [0.25, 0.3) is 0 Å². The van der Waals surface area contributed by atoms with E-state index in [0.29, 0.717) is 24.9 Å². The monoisotopic (exact) mass is 402 g/mol. The van der Waals surface area contributed by atoms with E-state index < -0.39 is 12.2 Å². The number of carbonyl (C=O) groups is 2. The van der Waals surface area contributed by atoms with Crippen molar-refractivity contribution in [3.05, 3.63) is 0 Å². The van der Waals surface area contributed by atoms with Gasteiger partial charge in [-0.1, -0.05) is 66.2 Å². The summed E-state index contributed by atoms with van der Waals surface area (Å²) in [4.78, 5) is 20.1. The van der Waals surface area contributed by atoms with Gasteiger partial charge in [0.1, 0.15) is 12.2 Å². The summed E-state index contributed by atoms with van der Waals surface area (Å²) in [5, 5.41) is 24.8. The van der Waals surface area contributed by atoms with Gasteiger partial charge in [0.05, 0.1) is 0 Å². The summed E-state index contributed by atoms with van der Waals surface area (Å²) in [6.45, 7) is 9.52. The number of rotatable bonds is 12. The summed E-state index contributed by atoms with van der Waals surface area (Å²) in [6.07, 6.45) is 6.63. The zero-order valence-corrected chi connectivity index (χ0v) is 17.2. The normalized spacial score (nSPS) is 12.0. The number of hydrogen-bond donors (Lipinski definition) is 2. The maximum absolute atomic E-state index is 10.1. The average Bonchev–Trinajstić information content (AvgIpc) is 2.55. The van der Waals surface area contributed by atoms with Crippen molar-refractivity contribution in [1.82, 2.24) is 10.6 Å². The Morgan fingerprint density at radius 3 is 1.28 bits per heavy atom. The van der Waals surface area contributed by atoms with Crippen molar-refractivity contribution in [1.29, 1.82) is 0 Å². The Balaban J connectivity index is -0.000000372. The van der Waals surface area contributed by atoms with E-state index in [2.05, 4.69) is 38.3 Å². The number of amides is 2. The summed E-state index contributed by atoms with van der Waals surface area (Å²) in [6, 6.07) is 0. The van der Waals surface area contributed by atoms with Gasteiger partial charge >= 0.3 is 16.5 Å². The zero-order chi connectivity index (χ0) is 18.8. The third kappa shape index (κ3) is 23.0. The van der Waals surface area contributed by atoms with E-state index >= 15 is 0 Å². The molecule has 0 saturated carbocycles. The van der Waals surface area contributed by atoms with E-state index in [1.165, 1.54) is 25.7 Å². The van der Waals surface area contributed by atoms with Crippen LogP contribution in [0.2, 0.25) is 0 Å². The maximum atomic E-state index is 10.1. The Hall–Kier alpha value is -0.966. The van der Waals surface area contributed by atoms with E-state index in [1.54, 1.807) is 0 Å². The third-order valence-electron chi connectivity index (χ3n) is 4.16. The molecule has 6 nitrogen and oxygen atoms in total. The first-order valence-corrected chi connectivity index (χ1v) is 9.30. The van der Waals surface area contributed by atoms with Crippen molar-refractivity contribution in [2.24, 2.45) is 11.8 Å². The van der Waals surface area contributed by atoms with Gasteiger partial charge in [-0.3, -0.25) is 0 Å². The molecule has 2 atom stereocenters. The van der Waals surface area contributed by atoms with Gasteiger partial charge in [0, 0.05) is 13.1 Å². The van der Waals surface area contributed by atoms with Crippen LogP contribution in [0.15, 0.2) is 0 Å². The minimum Gasteiger partial charge on any atom is -0.530 e. The quantitative estimate of drug-likeness (QED) is 0.488. The molecule has 0 bridgehead atoms. The Bertz CT molecular complexity index is 287. The molecular formula is C18H36N2NiO4. The van der Waals surface area contributed by atoms with Crippen molar-refractivity contribution < 1.29 is 36.3 Å². The third-order valence-corrected chi connectivity index (χ3v) is 4.16. The second kappa shape index (κ2) is 21.1. The van der Waals surface area contributed by atoms with Gasteiger partial charge in [-0.05, 0) is 24.7 Å². The van der Waals surface area contributed by atoms with Crippen LogP contribution in [0.3, 0.4) is 0 Å². The fourth-order valence-electron chi connectivity index (χ4n) is 2.34. The predicted molar refractivity (Wildman–Crippen MR) is 93.4 cm³/mol. The van der Waals surface area contributed by atoms with Crippen molar-refractivity contribution in [2.45, 2.75) is 79.1 Å².